The van der Waals surface area contributed by atoms with Gasteiger partial charge in [-0.05, 0) is 30.7 Å². The van der Waals surface area contributed by atoms with Gasteiger partial charge in [-0.25, -0.2) is 18.3 Å². The Hall–Kier alpha value is -3.46. The van der Waals surface area contributed by atoms with Gasteiger partial charge in [-0.3, -0.25) is 4.79 Å². The minimum absolute atomic E-state index is 0.176. The maximum atomic E-state index is 14.0. The number of nitrogens with one attached hydrogen (secondary N) is 2. The van der Waals surface area contributed by atoms with Crippen LogP contribution in [0.5, 0.6) is 0 Å². The lowest BCUT2D eigenvalue weighted by Gasteiger charge is -2.22. The standard InChI is InChI=1S/C25H28ClF2N5O2/c1-5-12-32(24(35)29-19-11-10-16(27)13-18(19)28)15-23(34)30-22-14-21(25(2,3)4)31-33(22)20-9-7-6-8-17(20)26/h6-11,13-14H,5,12,15H2,1-4H3,(H,29,35)(H,30,34). The molecular formula is C25H28ClF2N5O2. The second kappa shape index (κ2) is 10.9. The Labute approximate surface area is 208 Å². The summed E-state index contributed by atoms with van der Waals surface area (Å²) in [7, 11) is 0. The van der Waals surface area contributed by atoms with E-state index >= 15 is 0 Å². The molecule has 0 unspecified atom stereocenters. The monoisotopic (exact) mass is 503 g/mol. The summed E-state index contributed by atoms with van der Waals surface area (Å²) in [5.41, 5.74) is 0.862. The van der Waals surface area contributed by atoms with Crippen molar-refractivity contribution in [3.8, 4) is 5.69 Å². The van der Waals surface area contributed by atoms with E-state index in [2.05, 4.69) is 15.7 Å². The Morgan fingerprint density at radius 3 is 2.43 bits per heavy atom. The Bertz CT molecular complexity index is 1220. The smallest absolute Gasteiger partial charge is 0.315 e. The van der Waals surface area contributed by atoms with Gasteiger partial charge in [0.15, 0.2) is 0 Å². The fourth-order valence-electron chi connectivity index (χ4n) is 3.31. The second-order valence-corrected chi connectivity index (χ2v) is 9.46. The molecule has 0 aliphatic heterocycles. The van der Waals surface area contributed by atoms with Crippen molar-refractivity contribution in [3.05, 3.63) is 70.9 Å². The number of para-hydroxylation sites is 1. The highest BCUT2D eigenvalue weighted by Crippen LogP contribution is 2.29. The lowest BCUT2D eigenvalue weighted by atomic mass is 9.92. The highest BCUT2D eigenvalue weighted by molar-refractivity contribution is 6.32. The number of rotatable bonds is 7. The number of urea groups is 1. The summed E-state index contributed by atoms with van der Waals surface area (Å²) in [4.78, 5) is 26.9. The molecule has 3 aromatic rings. The number of carbonyl (C=O) groups is 2. The van der Waals surface area contributed by atoms with Crippen LogP contribution in [-0.2, 0) is 10.2 Å². The first kappa shape index (κ1) is 26.2. The third-order valence-corrected chi connectivity index (χ3v) is 5.43. The number of hydrogen-bond donors (Lipinski definition) is 2. The molecule has 186 valence electrons. The van der Waals surface area contributed by atoms with Gasteiger partial charge in [0.2, 0.25) is 5.91 Å². The molecule has 1 heterocycles. The summed E-state index contributed by atoms with van der Waals surface area (Å²) in [5, 5.41) is 10.3. The normalized spacial score (nSPS) is 11.3. The molecule has 3 amide bonds. The largest absolute Gasteiger partial charge is 0.322 e. The van der Waals surface area contributed by atoms with E-state index in [1.165, 1.54) is 4.90 Å². The van der Waals surface area contributed by atoms with Crippen LogP contribution in [0.3, 0.4) is 0 Å². The van der Waals surface area contributed by atoms with Crippen LogP contribution in [0.2, 0.25) is 5.02 Å². The highest BCUT2D eigenvalue weighted by Gasteiger charge is 2.24. The molecule has 0 fully saturated rings. The number of hydrogen-bond acceptors (Lipinski definition) is 3. The maximum Gasteiger partial charge on any atom is 0.322 e. The van der Waals surface area contributed by atoms with Crippen molar-refractivity contribution >= 4 is 35.0 Å². The average Bonchev–Trinajstić information content (AvgIpc) is 3.19. The molecule has 0 saturated heterocycles. The molecule has 0 bridgehead atoms. The molecule has 0 saturated carbocycles. The Kier molecular flexibility index (Phi) is 8.11. The zero-order chi connectivity index (χ0) is 25.8. The fraction of sp³-hybridized carbons (Fsp3) is 0.320. The minimum Gasteiger partial charge on any atom is -0.315 e. The van der Waals surface area contributed by atoms with E-state index in [0.29, 0.717) is 29.0 Å². The Balaban J connectivity index is 1.81. The first-order valence-corrected chi connectivity index (χ1v) is 11.5. The van der Waals surface area contributed by atoms with Crippen LogP contribution in [0.25, 0.3) is 5.69 Å². The van der Waals surface area contributed by atoms with Crippen LogP contribution in [-0.4, -0.2) is 39.7 Å². The van der Waals surface area contributed by atoms with Gasteiger partial charge in [0.1, 0.15) is 24.0 Å². The van der Waals surface area contributed by atoms with E-state index in [4.69, 9.17) is 11.6 Å². The van der Waals surface area contributed by atoms with Gasteiger partial charge >= 0.3 is 6.03 Å². The topological polar surface area (TPSA) is 79.3 Å². The van der Waals surface area contributed by atoms with Crippen molar-refractivity contribution in [1.82, 2.24) is 14.7 Å². The molecule has 10 heteroatoms. The van der Waals surface area contributed by atoms with Crippen molar-refractivity contribution < 1.29 is 18.4 Å². The van der Waals surface area contributed by atoms with Crippen LogP contribution >= 0.6 is 11.6 Å². The molecule has 0 aliphatic carbocycles. The van der Waals surface area contributed by atoms with Crippen LogP contribution in [0.1, 0.15) is 39.8 Å². The molecule has 3 rings (SSSR count). The van der Waals surface area contributed by atoms with Gasteiger partial charge in [0.25, 0.3) is 0 Å². The third kappa shape index (κ3) is 6.57. The number of amides is 3. The molecule has 35 heavy (non-hydrogen) atoms. The average molecular weight is 504 g/mol. The van der Waals surface area contributed by atoms with E-state index in [9.17, 15) is 18.4 Å². The lowest BCUT2D eigenvalue weighted by molar-refractivity contribution is -0.116. The first-order valence-electron chi connectivity index (χ1n) is 11.2. The van der Waals surface area contributed by atoms with Gasteiger partial charge in [-0.15, -0.1) is 0 Å². The molecular weight excluding hydrogens is 476 g/mol. The van der Waals surface area contributed by atoms with Gasteiger partial charge in [0, 0.05) is 24.1 Å². The van der Waals surface area contributed by atoms with Crippen molar-refractivity contribution in [2.45, 2.75) is 39.5 Å². The lowest BCUT2D eigenvalue weighted by Crippen LogP contribution is -2.41. The number of benzene rings is 2. The number of anilines is 2. The number of carbonyl (C=O) groups excluding carboxylic acids is 2. The van der Waals surface area contributed by atoms with E-state index < -0.39 is 23.6 Å². The Morgan fingerprint density at radius 1 is 1.09 bits per heavy atom. The van der Waals surface area contributed by atoms with Crippen LogP contribution < -0.4 is 10.6 Å². The van der Waals surface area contributed by atoms with E-state index in [-0.39, 0.29) is 24.2 Å². The molecule has 0 radical (unpaired) electrons. The Morgan fingerprint density at radius 2 is 1.80 bits per heavy atom. The van der Waals surface area contributed by atoms with Gasteiger partial charge in [-0.2, -0.15) is 5.10 Å². The van der Waals surface area contributed by atoms with Crippen LogP contribution in [0.15, 0.2) is 48.5 Å². The fourth-order valence-corrected chi connectivity index (χ4v) is 3.52. The van der Waals surface area contributed by atoms with E-state index in [1.807, 2.05) is 33.8 Å². The summed E-state index contributed by atoms with van der Waals surface area (Å²) in [5.74, 6) is -1.73. The van der Waals surface area contributed by atoms with E-state index in [1.54, 1.807) is 28.9 Å². The molecule has 2 N–H and O–H groups in total. The summed E-state index contributed by atoms with van der Waals surface area (Å²) in [6, 6.07) is 11.0. The third-order valence-electron chi connectivity index (χ3n) is 5.11. The number of nitrogens with zero attached hydrogens (tertiary/aromatic N) is 3. The van der Waals surface area contributed by atoms with Crippen molar-refractivity contribution in [2.24, 2.45) is 0 Å². The van der Waals surface area contributed by atoms with Crippen molar-refractivity contribution in [2.75, 3.05) is 23.7 Å². The molecule has 0 aliphatic rings. The molecule has 7 nitrogen and oxygen atoms in total. The number of halogens is 3. The highest BCUT2D eigenvalue weighted by atomic mass is 35.5. The predicted octanol–water partition coefficient (Wildman–Crippen LogP) is 5.98. The molecule has 2 aromatic carbocycles. The van der Waals surface area contributed by atoms with Gasteiger partial charge < -0.3 is 15.5 Å². The van der Waals surface area contributed by atoms with Gasteiger partial charge in [0.05, 0.1) is 22.1 Å². The number of aromatic nitrogens is 2. The predicted molar refractivity (Wildman–Crippen MR) is 133 cm³/mol. The second-order valence-electron chi connectivity index (χ2n) is 9.05. The summed E-state index contributed by atoms with van der Waals surface area (Å²) in [6.45, 7) is 7.80. The maximum absolute atomic E-state index is 14.0. The summed E-state index contributed by atoms with van der Waals surface area (Å²) >= 11 is 6.37. The van der Waals surface area contributed by atoms with E-state index in [0.717, 1.165) is 17.8 Å². The zero-order valence-electron chi connectivity index (χ0n) is 20.0. The minimum atomic E-state index is -0.905. The van der Waals surface area contributed by atoms with Crippen LogP contribution in [0.4, 0.5) is 25.1 Å². The van der Waals surface area contributed by atoms with Crippen molar-refractivity contribution in [3.63, 3.8) is 0 Å². The van der Waals surface area contributed by atoms with Gasteiger partial charge in [-0.1, -0.05) is 51.4 Å². The van der Waals surface area contributed by atoms with Crippen molar-refractivity contribution in [1.29, 1.82) is 0 Å². The quantitative estimate of drug-likeness (QED) is 0.416. The molecule has 1 aromatic heterocycles. The molecule has 0 atom stereocenters. The van der Waals surface area contributed by atoms with Crippen LogP contribution in [0, 0.1) is 11.6 Å². The SMILES string of the molecule is CCCN(CC(=O)Nc1cc(C(C)(C)C)nn1-c1ccccc1Cl)C(=O)Nc1ccc(F)cc1F. The molecule has 0 spiro atoms. The zero-order valence-corrected chi connectivity index (χ0v) is 20.8. The summed E-state index contributed by atoms with van der Waals surface area (Å²) < 4.78 is 28.7. The first-order chi connectivity index (χ1) is 16.5. The summed E-state index contributed by atoms with van der Waals surface area (Å²) in [6.07, 6.45) is 0.568.